The number of methoxy groups -OCH3 is 1. The second-order valence-corrected chi connectivity index (χ2v) is 7.07. The maximum absolute atomic E-state index is 13.0. The van der Waals surface area contributed by atoms with Gasteiger partial charge < -0.3 is 19.5 Å². The largest absolute Gasteiger partial charge is 0.497 e. The van der Waals surface area contributed by atoms with Gasteiger partial charge in [0.05, 0.1) is 7.11 Å². The van der Waals surface area contributed by atoms with Crippen molar-refractivity contribution in [2.24, 2.45) is 0 Å². The molecule has 0 spiro atoms. The molecule has 0 saturated carbocycles. The summed E-state index contributed by atoms with van der Waals surface area (Å²) in [4.78, 5) is 38.8. The van der Waals surface area contributed by atoms with Crippen molar-refractivity contribution >= 4 is 17.8 Å². The van der Waals surface area contributed by atoms with Crippen molar-refractivity contribution in [3.05, 3.63) is 96.1 Å². The lowest BCUT2D eigenvalue weighted by Crippen LogP contribution is -2.60. The number of nitrogens with one attached hydrogen (secondary N) is 1. The average molecular weight is 433 g/mol. The van der Waals surface area contributed by atoms with Crippen molar-refractivity contribution < 1.29 is 28.6 Å². The highest BCUT2D eigenvalue weighted by Gasteiger charge is 2.46. The van der Waals surface area contributed by atoms with Crippen LogP contribution in [0.4, 0.5) is 0 Å². The van der Waals surface area contributed by atoms with Gasteiger partial charge in [0.1, 0.15) is 18.1 Å². The van der Waals surface area contributed by atoms with E-state index in [0.717, 1.165) is 5.56 Å². The number of amides is 1. The minimum atomic E-state index is -2.08. The Kier molecular flexibility index (Phi) is 7.23. The lowest BCUT2D eigenvalue weighted by Gasteiger charge is -2.26. The molecule has 1 amide bonds. The van der Waals surface area contributed by atoms with Crippen molar-refractivity contribution in [1.29, 1.82) is 0 Å². The molecule has 1 atom stereocenters. The average Bonchev–Trinajstić information content (AvgIpc) is 2.83. The molecule has 3 aromatic carbocycles. The number of ether oxygens (including phenoxy) is 3. The van der Waals surface area contributed by atoms with Crippen molar-refractivity contribution in [3.63, 3.8) is 0 Å². The molecule has 0 aliphatic carbocycles. The topological polar surface area (TPSA) is 90.9 Å². The quantitative estimate of drug-likeness (QED) is 0.332. The Balaban J connectivity index is 1.82. The monoisotopic (exact) mass is 433 g/mol. The lowest BCUT2D eigenvalue weighted by atomic mass is 10.0. The van der Waals surface area contributed by atoms with Gasteiger partial charge in [-0.2, -0.15) is 0 Å². The van der Waals surface area contributed by atoms with E-state index >= 15 is 0 Å². The Labute approximate surface area is 185 Å². The fraction of sp³-hybridized carbons (Fsp3) is 0.160. The van der Waals surface area contributed by atoms with Gasteiger partial charge in [-0.15, -0.1) is 0 Å². The van der Waals surface area contributed by atoms with Crippen LogP contribution in [-0.2, 0) is 20.9 Å². The van der Waals surface area contributed by atoms with Crippen LogP contribution in [0.1, 0.15) is 22.8 Å². The minimum absolute atomic E-state index is 0.0632. The SMILES string of the molecule is COc1ccc(C(=O)N[C@](C)(C(=O)OCc2ccccc2)C(=O)Oc2ccccc2)cc1. The summed E-state index contributed by atoms with van der Waals surface area (Å²) in [6, 6.07) is 23.5. The molecule has 0 unspecified atom stereocenters. The maximum atomic E-state index is 13.0. The predicted octanol–water partition coefficient (Wildman–Crippen LogP) is 3.53. The summed E-state index contributed by atoms with van der Waals surface area (Å²) in [5.41, 5.74) is -1.11. The molecule has 0 heterocycles. The zero-order chi connectivity index (χ0) is 23.0. The molecule has 7 nitrogen and oxygen atoms in total. The Morgan fingerprint density at radius 2 is 1.38 bits per heavy atom. The first-order valence-corrected chi connectivity index (χ1v) is 9.87. The highest BCUT2D eigenvalue weighted by molar-refractivity contribution is 6.10. The number of rotatable bonds is 8. The first kappa shape index (κ1) is 22.6. The smallest absolute Gasteiger partial charge is 0.348 e. The molecule has 0 radical (unpaired) electrons. The summed E-state index contributed by atoms with van der Waals surface area (Å²) >= 11 is 0. The van der Waals surface area contributed by atoms with Gasteiger partial charge in [0.2, 0.25) is 5.54 Å². The molecular formula is C25H23NO6. The van der Waals surface area contributed by atoms with E-state index in [1.165, 1.54) is 26.2 Å². The van der Waals surface area contributed by atoms with Crippen molar-refractivity contribution in [3.8, 4) is 11.5 Å². The second kappa shape index (κ2) is 10.3. The number of esters is 2. The number of hydrogen-bond acceptors (Lipinski definition) is 6. The van der Waals surface area contributed by atoms with Gasteiger partial charge in [-0.05, 0) is 48.9 Å². The Bertz CT molecular complexity index is 1070. The van der Waals surface area contributed by atoms with Gasteiger partial charge >= 0.3 is 11.9 Å². The van der Waals surface area contributed by atoms with E-state index in [1.54, 1.807) is 66.7 Å². The van der Waals surface area contributed by atoms with Crippen LogP contribution in [0.2, 0.25) is 0 Å². The summed E-state index contributed by atoms with van der Waals surface area (Å²) < 4.78 is 15.8. The maximum Gasteiger partial charge on any atom is 0.348 e. The van der Waals surface area contributed by atoms with E-state index < -0.39 is 23.4 Å². The molecule has 7 heteroatoms. The second-order valence-electron chi connectivity index (χ2n) is 7.07. The molecule has 0 saturated heterocycles. The number of para-hydroxylation sites is 1. The van der Waals surface area contributed by atoms with E-state index in [9.17, 15) is 14.4 Å². The van der Waals surface area contributed by atoms with E-state index in [0.29, 0.717) is 5.75 Å². The zero-order valence-corrected chi connectivity index (χ0v) is 17.7. The molecule has 0 aliphatic rings. The highest BCUT2D eigenvalue weighted by atomic mass is 16.6. The number of hydrogen-bond donors (Lipinski definition) is 1. The number of benzene rings is 3. The van der Waals surface area contributed by atoms with E-state index in [-0.39, 0.29) is 17.9 Å². The van der Waals surface area contributed by atoms with Crippen LogP contribution in [0, 0.1) is 0 Å². The van der Waals surface area contributed by atoms with Gasteiger partial charge in [0.15, 0.2) is 0 Å². The molecule has 1 N–H and O–H groups in total. The Hall–Kier alpha value is -4.13. The summed E-state index contributed by atoms with van der Waals surface area (Å²) in [5, 5.41) is 2.47. The number of carbonyl (C=O) groups is 3. The third kappa shape index (κ3) is 5.51. The summed E-state index contributed by atoms with van der Waals surface area (Å²) in [5.74, 6) is -1.75. The normalized spacial score (nSPS) is 12.2. The molecule has 3 rings (SSSR count). The molecular weight excluding hydrogens is 410 g/mol. The van der Waals surface area contributed by atoms with Gasteiger partial charge in [0, 0.05) is 5.56 Å². The first-order valence-electron chi connectivity index (χ1n) is 9.87. The Morgan fingerprint density at radius 1 is 0.781 bits per heavy atom. The van der Waals surface area contributed by atoms with Crippen LogP contribution in [0.25, 0.3) is 0 Å². The van der Waals surface area contributed by atoms with Crippen LogP contribution in [0.3, 0.4) is 0 Å². The predicted molar refractivity (Wildman–Crippen MR) is 117 cm³/mol. The van der Waals surface area contributed by atoms with Crippen LogP contribution < -0.4 is 14.8 Å². The van der Waals surface area contributed by atoms with E-state index in [1.807, 2.05) is 6.07 Å². The van der Waals surface area contributed by atoms with E-state index in [4.69, 9.17) is 14.2 Å². The molecule has 32 heavy (non-hydrogen) atoms. The fourth-order valence-corrected chi connectivity index (χ4v) is 2.79. The van der Waals surface area contributed by atoms with Crippen LogP contribution in [-0.4, -0.2) is 30.5 Å². The molecule has 0 bridgehead atoms. The summed E-state index contributed by atoms with van der Waals surface area (Å²) in [6.45, 7) is 1.19. The molecule has 164 valence electrons. The van der Waals surface area contributed by atoms with Crippen molar-refractivity contribution in [1.82, 2.24) is 5.32 Å². The van der Waals surface area contributed by atoms with Crippen molar-refractivity contribution in [2.45, 2.75) is 19.1 Å². The van der Waals surface area contributed by atoms with Gasteiger partial charge in [-0.1, -0.05) is 48.5 Å². The van der Waals surface area contributed by atoms with Crippen LogP contribution in [0.5, 0.6) is 11.5 Å². The fourth-order valence-electron chi connectivity index (χ4n) is 2.79. The van der Waals surface area contributed by atoms with Gasteiger partial charge in [0.25, 0.3) is 5.91 Å². The molecule has 0 fully saturated rings. The van der Waals surface area contributed by atoms with Crippen molar-refractivity contribution in [2.75, 3.05) is 7.11 Å². The molecule has 0 aromatic heterocycles. The summed E-state index contributed by atoms with van der Waals surface area (Å²) in [7, 11) is 1.51. The third-order valence-electron chi connectivity index (χ3n) is 4.70. The first-order chi connectivity index (χ1) is 15.4. The summed E-state index contributed by atoms with van der Waals surface area (Å²) in [6.07, 6.45) is 0. The Morgan fingerprint density at radius 3 is 1.97 bits per heavy atom. The molecule has 0 aliphatic heterocycles. The minimum Gasteiger partial charge on any atom is -0.497 e. The standard InChI is InChI=1S/C25H23NO6/c1-25(24(29)32-21-11-7-4-8-12-21,23(28)31-17-18-9-5-3-6-10-18)26-22(27)19-13-15-20(30-2)16-14-19/h3-16H,17H2,1-2H3,(H,26,27)/t25-/m1/s1. The lowest BCUT2D eigenvalue weighted by molar-refractivity contribution is -0.161. The third-order valence-corrected chi connectivity index (χ3v) is 4.70. The highest BCUT2D eigenvalue weighted by Crippen LogP contribution is 2.18. The number of carbonyl (C=O) groups excluding carboxylic acids is 3. The molecule has 3 aromatic rings. The van der Waals surface area contributed by atoms with Crippen LogP contribution in [0.15, 0.2) is 84.9 Å². The van der Waals surface area contributed by atoms with Gasteiger partial charge in [-0.25, -0.2) is 9.59 Å². The van der Waals surface area contributed by atoms with E-state index in [2.05, 4.69) is 5.32 Å². The van der Waals surface area contributed by atoms with Crippen LogP contribution >= 0.6 is 0 Å². The zero-order valence-electron chi connectivity index (χ0n) is 17.7. The van der Waals surface area contributed by atoms with Gasteiger partial charge in [-0.3, -0.25) is 4.79 Å².